The van der Waals surface area contributed by atoms with Crippen molar-refractivity contribution < 1.29 is 13.2 Å². The molecule has 0 aliphatic carbocycles. The van der Waals surface area contributed by atoms with Gasteiger partial charge in [-0.25, -0.2) is 8.42 Å². The minimum absolute atomic E-state index is 0.0710. The summed E-state index contributed by atoms with van der Waals surface area (Å²) < 4.78 is 21.6. The first kappa shape index (κ1) is 14.3. The molecule has 0 heterocycles. The second-order valence-electron chi connectivity index (χ2n) is 3.46. The van der Waals surface area contributed by atoms with Gasteiger partial charge < -0.3 is 16.8 Å². The number of hydrogen-bond acceptors (Lipinski definition) is 5. The van der Waals surface area contributed by atoms with E-state index < -0.39 is 15.9 Å². The van der Waals surface area contributed by atoms with Gasteiger partial charge in [-0.05, 0) is 19.4 Å². The van der Waals surface area contributed by atoms with Gasteiger partial charge in [-0.1, -0.05) is 0 Å². The summed E-state index contributed by atoms with van der Waals surface area (Å²) >= 11 is 0. The van der Waals surface area contributed by atoms with Crippen LogP contribution >= 0.6 is 0 Å². The molecule has 1 unspecified atom stereocenters. The van der Waals surface area contributed by atoms with E-state index in [-0.39, 0.29) is 18.1 Å². The largest absolute Gasteiger partial charge is 0.355 e. The standard InChI is InChI=1S/C8H19N3O3S/c1-15(13,14)6-3-7(10)8(12)11-5-2-4-9/h7H,2-6,9-10H2,1H3,(H,11,12). The molecular weight excluding hydrogens is 218 g/mol. The van der Waals surface area contributed by atoms with Crippen molar-refractivity contribution in [3.63, 3.8) is 0 Å². The van der Waals surface area contributed by atoms with Crippen molar-refractivity contribution in [3.05, 3.63) is 0 Å². The number of sulfone groups is 1. The van der Waals surface area contributed by atoms with Crippen molar-refractivity contribution in [1.29, 1.82) is 0 Å². The van der Waals surface area contributed by atoms with Crippen LogP contribution in [0.15, 0.2) is 0 Å². The molecule has 0 aromatic carbocycles. The molecule has 0 radical (unpaired) electrons. The molecule has 0 aromatic rings. The van der Waals surface area contributed by atoms with E-state index >= 15 is 0 Å². The summed E-state index contributed by atoms with van der Waals surface area (Å²) in [5.41, 5.74) is 10.7. The highest BCUT2D eigenvalue weighted by Crippen LogP contribution is 1.93. The van der Waals surface area contributed by atoms with E-state index in [0.29, 0.717) is 19.5 Å². The topological polar surface area (TPSA) is 115 Å². The summed E-state index contributed by atoms with van der Waals surface area (Å²) in [6, 6.07) is -0.766. The summed E-state index contributed by atoms with van der Waals surface area (Å²) in [6.07, 6.45) is 1.95. The Kier molecular flexibility index (Phi) is 6.46. The number of nitrogens with two attached hydrogens (primary N) is 2. The van der Waals surface area contributed by atoms with E-state index in [1.54, 1.807) is 0 Å². The molecule has 0 saturated heterocycles. The van der Waals surface area contributed by atoms with Crippen LogP contribution < -0.4 is 16.8 Å². The molecule has 0 saturated carbocycles. The first-order valence-corrected chi connectivity index (χ1v) is 6.84. The monoisotopic (exact) mass is 237 g/mol. The number of amides is 1. The molecule has 1 amide bonds. The number of nitrogens with one attached hydrogen (secondary N) is 1. The molecule has 7 heteroatoms. The average molecular weight is 237 g/mol. The smallest absolute Gasteiger partial charge is 0.236 e. The van der Waals surface area contributed by atoms with Gasteiger partial charge in [0, 0.05) is 12.8 Å². The zero-order valence-corrected chi connectivity index (χ0v) is 9.72. The zero-order chi connectivity index (χ0) is 11.9. The third kappa shape index (κ3) is 8.34. The van der Waals surface area contributed by atoms with Crippen molar-refractivity contribution in [1.82, 2.24) is 5.32 Å². The van der Waals surface area contributed by atoms with E-state index in [2.05, 4.69) is 5.32 Å². The quantitative estimate of drug-likeness (QED) is 0.452. The number of hydrogen-bond donors (Lipinski definition) is 3. The van der Waals surface area contributed by atoms with Gasteiger partial charge in [0.1, 0.15) is 9.84 Å². The van der Waals surface area contributed by atoms with Crippen LogP contribution in [0.1, 0.15) is 12.8 Å². The van der Waals surface area contributed by atoms with Crippen LogP contribution in [0.3, 0.4) is 0 Å². The highest BCUT2D eigenvalue weighted by Gasteiger charge is 2.14. The second kappa shape index (κ2) is 6.76. The van der Waals surface area contributed by atoms with E-state index in [1.165, 1.54) is 0 Å². The van der Waals surface area contributed by atoms with Gasteiger partial charge in [-0.2, -0.15) is 0 Å². The molecule has 0 bridgehead atoms. The Balaban J connectivity index is 3.79. The lowest BCUT2D eigenvalue weighted by atomic mass is 10.2. The highest BCUT2D eigenvalue weighted by molar-refractivity contribution is 7.90. The predicted molar refractivity (Wildman–Crippen MR) is 59.0 cm³/mol. The van der Waals surface area contributed by atoms with Crippen molar-refractivity contribution in [3.8, 4) is 0 Å². The van der Waals surface area contributed by atoms with Crippen LogP contribution in [-0.2, 0) is 14.6 Å². The molecule has 0 fully saturated rings. The molecule has 0 rings (SSSR count). The zero-order valence-electron chi connectivity index (χ0n) is 8.90. The Labute approximate surface area is 90.3 Å². The van der Waals surface area contributed by atoms with Crippen LogP contribution in [0.5, 0.6) is 0 Å². The molecular formula is C8H19N3O3S. The minimum atomic E-state index is -3.06. The number of carbonyl (C=O) groups is 1. The fourth-order valence-electron chi connectivity index (χ4n) is 0.917. The molecule has 6 nitrogen and oxygen atoms in total. The van der Waals surface area contributed by atoms with Crippen molar-refractivity contribution >= 4 is 15.7 Å². The van der Waals surface area contributed by atoms with Crippen molar-refractivity contribution in [2.45, 2.75) is 18.9 Å². The first-order valence-electron chi connectivity index (χ1n) is 4.78. The number of rotatable bonds is 7. The van der Waals surface area contributed by atoms with Gasteiger partial charge in [0.15, 0.2) is 0 Å². The maximum Gasteiger partial charge on any atom is 0.236 e. The van der Waals surface area contributed by atoms with Gasteiger partial charge in [-0.3, -0.25) is 4.79 Å². The van der Waals surface area contributed by atoms with Crippen LogP contribution in [0.2, 0.25) is 0 Å². The molecule has 0 aliphatic heterocycles. The molecule has 5 N–H and O–H groups in total. The molecule has 1 atom stereocenters. The Morgan fingerprint density at radius 2 is 2.07 bits per heavy atom. The van der Waals surface area contributed by atoms with Crippen LogP contribution in [0, 0.1) is 0 Å². The Bertz CT molecular complexity index is 290. The lowest BCUT2D eigenvalue weighted by Crippen LogP contribution is -2.42. The second-order valence-corrected chi connectivity index (χ2v) is 5.72. The third-order valence-electron chi connectivity index (χ3n) is 1.82. The van der Waals surface area contributed by atoms with E-state index in [4.69, 9.17) is 11.5 Å². The molecule has 0 spiro atoms. The van der Waals surface area contributed by atoms with Gasteiger partial charge in [0.25, 0.3) is 0 Å². The predicted octanol–water partition coefficient (Wildman–Crippen LogP) is -1.79. The summed E-state index contributed by atoms with van der Waals surface area (Å²) in [5, 5.41) is 2.58. The van der Waals surface area contributed by atoms with Gasteiger partial charge in [0.2, 0.25) is 5.91 Å². The fraction of sp³-hybridized carbons (Fsp3) is 0.875. The summed E-state index contributed by atoms with van der Waals surface area (Å²) in [7, 11) is -3.06. The van der Waals surface area contributed by atoms with E-state index in [0.717, 1.165) is 6.26 Å². The first-order chi connectivity index (χ1) is 6.87. The average Bonchev–Trinajstić information content (AvgIpc) is 2.13. The minimum Gasteiger partial charge on any atom is -0.355 e. The van der Waals surface area contributed by atoms with Gasteiger partial charge in [-0.15, -0.1) is 0 Å². The summed E-state index contributed by atoms with van der Waals surface area (Å²) in [6.45, 7) is 0.973. The summed E-state index contributed by atoms with van der Waals surface area (Å²) in [4.78, 5) is 11.3. The molecule has 15 heavy (non-hydrogen) atoms. The van der Waals surface area contributed by atoms with E-state index in [1.807, 2.05) is 0 Å². The molecule has 90 valence electrons. The maximum absolute atomic E-state index is 11.3. The SMILES string of the molecule is CS(=O)(=O)CCC(N)C(=O)NCCCN. The Morgan fingerprint density at radius 1 is 1.47 bits per heavy atom. The lowest BCUT2D eigenvalue weighted by molar-refractivity contribution is -0.122. The Morgan fingerprint density at radius 3 is 2.53 bits per heavy atom. The normalized spacial score (nSPS) is 13.5. The highest BCUT2D eigenvalue weighted by atomic mass is 32.2. The van der Waals surface area contributed by atoms with Crippen molar-refractivity contribution in [2.75, 3.05) is 25.1 Å². The van der Waals surface area contributed by atoms with Crippen LogP contribution in [0.25, 0.3) is 0 Å². The van der Waals surface area contributed by atoms with Gasteiger partial charge in [0.05, 0.1) is 11.8 Å². The third-order valence-corrected chi connectivity index (χ3v) is 2.79. The fourth-order valence-corrected chi connectivity index (χ4v) is 1.60. The number of carbonyl (C=O) groups excluding carboxylic acids is 1. The van der Waals surface area contributed by atoms with Crippen LogP contribution in [0.4, 0.5) is 0 Å². The summed E-state index contributed by atoms with van der Waals surface area (Å²) in [5.74, 6) is -0.398. The van der Waals surface area contributed by atoms with Crippen LogP contribution in [-0.4, -0.2) is 45.5 Å². The maximum atomic E-state index is 11.3. The Hall–Kier alpha value is -0.660. The van der Waals surface area contributed by atoms with Gasteiger partial charge >= 0.3 is 0 Å². The van der Waals surface area contributed by atoms with Crippen molar-refractivity contribution in [2.24, 2.45) is 11.5 Å². The van der Waals surface area contributed by atoms with E-state index in [9.17, 15) is 13.2 Å². The lowest BCUT2D eigenvalue weighted by Gasteiger charge is -2.11. The molecule has 0 aliphatic rings. The molecule has 0 aromatic heterocycles.